The first-order valence-corrected chi connectivity index (χ1v) is 4.94. The third-order valence-electron chi connectivity index (χ3n) is 2.69. The molecule has 4 nitrogen and oxygen atoms in total. The molecule has 0 radical (unpaired) electrons. The summed E-state index contributed by atoms with van der Waals surface area (Å²) in [4.78, 5) is 11.6. The lowest BCUT2D eigenvalue weighted by molar-refractivity contribution is -0.163. The van der Waals surface area contributed by atoms with Crippen molar-refractivity contribution in [1.29, 1.82) is 0 Å². The molecule has 1 rings (SSSR count). The van der Waals surface area contributed by atoms with Crippen LogP contribution >= 0.6 is 0 Å². The van der Waals surface area contributed by atoms with Gasteiger partial charge in [0, 0.05) is 0 Å². The van der Waals surface area contributed by atoms with Crippen LogP contribution in [0.5, 0.6) is 0 Å². The predicted octanol–water partition coefficient (Wildman–Crippen LogP) is 0.726. The van der Waals surface area contributed by atoms with Gasteiger partial charge < -0.3 is 14.6 Å². The lowest BCUT2D eigenvalue weighted by Gasteiger charge is -2.23. The summed E-state index contributed by atoms with van der Waals surface area (Å²) in [6.45, 7) is 6.15. The van der Waals surface area contributed by atoms with Crippen LogP contribution in [0.15, 0.2) is 0 Å². The molecule has 4 heteroatoms. The number of esters is 1. The van der Waals surface area contributed by atoms with Crippen molar-refractivity contribution in [3.8, 4) is 0 Å². The Bertz CT molecular complexity index is 212. The zero-order valence-corrected chi connectivity index (χ0v) is 8.95. The third kappa shape index (κ3) is 2.45. The summed E-state index contributed by atoms with van der Waals surface area (Å²) < 4.78 is 10.2. The summed E-state index contributed by atoms with van der Waals surface area (Å²) in [5, 5.41) is 9.37. The highest BCUT2D eigenvalue weighted by Gasteiger charge is 2.34. The van der Waals surface area contributed by atoms with Gasteiger partial charge in [-0.15, -0.1) is 0 Å². The minimum absolute atomic E-state index is 0.254. The van der Waals surface area contributed by atoms with Gasteiger partial charge in [0.2, 0.25) is 0 Å². The quantitative estimate of drug-likeness (QED) is 0.685. The molecule has 0 saturated carbocycles. The van der Waals surface area contributed by atoms with Gasteiger partial charge in [-0.05, 0) is 20.3 Å². The Morgan fingerprint density at radius 1 is 1.57 bits per heavy atom. The molecule has 0 bridgehead atoms. The Labute approximate surface area is 84.2 Å². The van der Waals surface area contributed by atoms with Crippen LogP contribution in [0.1, 0.15) is 27.2 Å². The number of ether oxygens (including phenoxy) is 2. The summed E-state index contributed by atoms with van der Waals surface area (Å²) in [6, 6.07) is 0. The zero-order chi connectivity index (χ0) is 10.8. The first kappa shape index (κ1) is 11.5. The van der Waals surface area contributed by atoms with Crippen LogP contribution in [-0.4, -0.2) is 36.5 Å². The highest BCUT2D eigenvalue weighted by atomic mass is 16.6. The molecule has 82 valence electrons. The van der Waals surface area contributed by atoms with Crippen LogP contribution in [-0.2, 0) is 14.3 Å². The second-order valence-corrected chi connectivity index (χ2v) is 4.29. The standard InChI is InChI=1S/C10H18O4/c1-4-10(2,3)9(12)14-8-6-13-5-7(8)11/h7-8,11H,4-6H2,1-3H3. The van der Waals surface area contributed by atoms with Crippen LogP contribution in [0, 0.1) is 5.41 Å². The molecule has 1 heterocycles. The van der Waals surface area contributed by atoms with Crippen molar-refractivity contribution in [2.45, 2.75) is 39.4 Å². The average molecular weight is 202 g/mol. The highest BCUT2D eigenvalue weighted by molar-refractivity contribution is 5.76. The molecule has 0 aromatic carbocycles. The van der Waals surface area contributed by atoms with Crippen LogP contribution in [0.25, 0.3) is 0 Å². The van der Waals surface area contributed by atoms with E-state index in [9.17, 15) is 9.90 Å². The molecular weight excluding hydrogens is 184 g/mol. The molecule has 1 fully saturated rings. The molecule has 0 amide bonds. The largest absolute Gasteiger partial charge is 0.457 e. The lowest BCUT2D eigenvalue weighted by Crippen LogP contribution is -2.35. The zero-order valence-electron chi connectivity index (χ0n) is 8.95. The van der Waals surface area contributed by atoms with E-state index < -0.39 is 17.6 Å². The van der Waals surface area contributed by atoms with E-state index in [0.717, 1.165) is 6.42 Å². The van der Waals surface area contributed by atoms with Crippen molar-refractivity contribution in [3.05, 3.63) is 0 Å². The smallest absolute Gasteiger partial charge is 0.311 e. The van der Waals surface area contributed by atoms with Crippen molar-refractivity contribution in [3.63, 3.8) is 0 Å². The molecule has 14 heavy (non-hydrogen) atoms. The Kier molecular flexibility index (Phi) is 3.50. The van der Waals surface area contributed by atoms with Gasteiger partial charge in [0.15, 0.2) is 6.10 Å². The van der Waals surface area contributed by atoms with Gasteiger partial charge in [0.25, 0.3) is 0 Å². The van der Waals surface area contributed by atoms with Crippen molar-refractivity contribution < 1.29 is 19.4 Å². The molecule has 0 aromatic heterocycles. The monoisotopic (exact) mass is 202 g/mol. The van der Waals surface area contributed by atoms with Crippen molar-refractivity contribution in [2.24, 2.45) is 5.41 Å². The highest BCUT2D eigenvalue weighted by Crippen LogP contribution is 2.23. The van der Waals surface area contributed by atoms with E-state index in [1.165, 1.54) is 0 Å². The van der Waals surface area contributed by atoms with Crippen LogP contribution in [0.3, 0.4) is 0 Å². The second-order valence-electron chi connectivity index (χ2n) is 4.29. The predicted molar refractivity (Wildman–Crippen MR) is 50.8 cm³/mol. The van der Waals surface area contributed by atoms with E-state index in [4.69, 9.17) is 9.47 Å². The van der Waals surface area contributed by atoms with Gasteiger partial charge in [0.1, 0.15) is 6.10 Å². The minimum Gasteiger partial charge on any atom is -0.457 e. The number of carbonyl (C=O) groups excluding carboxylic acids is 1. The van der Waals surface area contributed by atoms with E-state index in [1.54, 1.807) is 0 Å². The van der Waals surface area contributed by atoms with E-state index in [1.807, 2.05) is 20.8 Å². The maximum Gasteiger partial charge on any atom is 0.311 e. The number of hydrogen-bond donors (Lipinski definition) is 1. The molecule has 0 aliphatic carbocycles. The number of aliphatic hydroxyl groups is 1. The lowest BCUT2D eigenvalue weighted by atomic mass is 9.90. The molecule has 2 atom stereocenters. The van der Waals surface area contributed by atoms with Gasteiger partial charge in [-0.2, -0.15) is 0 Å². The van der Waals surface area contributed by atoms with Crippen molar-refractivity contribution in [2.75, 3.05) is 13.2 Å². The minimum atomic E-state index is -0.674. The van der Waals surface area contributed by atoms with E-state index in [0.29, 0.717) is 6.61 Å². The molecule has 1 aliphatic heterocycles. The van der Waals surface area contributed by atoms with Gasteiger partial charge in [0.05, 0.1) is 18.6 Å². The average Bonchev–Trinajstić information content (AvgIpc) is 2.52. The first-order valence-electron chi connectivity index (χ1n) is 4.94. The number of aliphatic hydroxyl groups excluding tert-OH is 1. The fourth-order valence-electron chi connectivity index (χ4n) is 1.08. The van der Waals surface area contributed by atoms with Crippen LogP contribution < -0.4 is 0 Å². The molecule has 1 N–H and O–H groups in total. The first-order chi connectivity index (χ1) is 6.47. The van der Waals surface area contributed by atoms with Crippen molar-refractivity contribution in [1.82, 2.24) is 0 Å². The molecular formula is C10H18O4. The van der Waals surface area contributed by atoms with Crippen LogP contribution in [0.2, 0.25) is 0 Å². The maximum absolute atomic E-state index is 11.6. The summed E-state index contributed by atoms with van der Waals surface area (Å²) >= 11 is 0. The van der Waals surface area contributed by atoms with Crippen LogP contribution in [0.4, 0.5) is 0 Å². The summed E-state index contributed by atoms with van der Waals surface area (Å²) in [7, 11) is 0. The van der Waals surface area contributed by atoms with E-state index in [-0.39, 0.29) is 12.6 Å². The Morgan fingerprint density at radius 3 is 2.64 bits per heavy atom. The summed E-state index contributed by atoms with van der Waals surface area (Å²) in [6.07, 6.45) is -0.449. The fraction of sp³-hybridized carbons (Fsp3) is 0.900. The second kappa shape index (κ2) is 4.28. The molecule has 1 aliphatic rings. The van der Waals surface area contributed by atoms with Gasteiger partial charge in [-0.1, -0.05) is 6.92 Å². The van der Waals surface area contributed by atoms with E-state index >= 15 is 0 Å². The molecule has 2 unspecified atom stereocenters. The Hall–Kier alpha value is -0.610. The summed E-state index contributed by atoms with van der Waals surface area (Å²) in [5.74, 6) is -0.269. The molecule has 0 aromatic rings. The number of rotatable bonds is 3. The third-order valence-corrected chi connectivity index (χ3v) is 2.69. The van der Waals surface area contributed by atoms with E-state index in [2.05, 4.69) is 0 Å². The van der Waals surface area contributed by atoms with Gasteiger partial charge in [-0.3, -0.25) is 4.79 Å². The Morgan fingerprint density at radius 2 is 2.21 bits per heavy atom. The number of carbonyl (C=O) groups is 1. The SMILES string of the molecule is CCC(C)(C)C(=O)OC1COCC1O. The summed E-state index contributed by atoms with van der Waals surface area (Å²) in [5.41, 5.74) is -0.484. The van der Waals surface area contributed by atoms with Gasteiger partial charge >= 0.3 is 5.97 Å². The normalized spacial score (nSPS) is 27.7. The molecule has 0 spiro atoms. The van der Waals surface area contributed by atoms with Gasteiger partial charge in [-0.25, -0.2) is 0 Å². The molecule has 1 saturated heterocycles. The van der Waals surface area contributed by atoms with Crippen molar-refractivity contribution >= 4 is 5.97 Å². The number of hydrogen-bond acceptors (Lipinski definition) is 4. The Balaban J connectivity index is 2.48. The fourth-order valence-corrected chi connectivity index (χ4v) is 1.08. The maximum atomic E-state index is 11.6. The topological polar surface area (TPSA) is 55.8 Å².